The standard InChI is InChI=1S/C16H22N2O.C12H11FN2O2S/c1-11-15(19-2)6-5-14-16(11)13(10-18-14)7-8-17-9-12-3-4-12;1-15(2)12-14-9(11(16)17)10(18-12)7-3-5-8(13)6-4-7/h5-6,10,12,17-18H,3-4,7-9H2,1-2H3;3-6H,1-2H3,(H,16,17). The maximum absolute atomic E-state index is 12.9. The van der Waals surface area contributed by atoms with Gasteiger partial charge in [-0.15, -0.1) is 0 Å². The fourth-order valence-corrected chi connectivity index (χ4v) is 5.16. The van der Waals surface area contributed by atoms with Crippen LogP contribution in [0.4, 0.5) is 9.52 Å². The van der Waals surface area contributed by atoms with Crippen LogP contribution in [0.25, 0.3) is 21.3 Å². The summed E-state index contributed by atoms with van der Waals surface area (Å²) < 4.78 is 18.3. The number of aryl methyl sites for hydroxylation is 1. The zero-order valence-electron chi connectivity index (χ0n) is 21.6. The zero-order chi connectivity index (χ0) is 26.5. The third kappa shape index (κ3) is 6.47. The second-order valence-corrected chi connectivity index (χ2v) is 10.4. The maximum Gasteiger partial charge on any atom is 0.356 e. The predicted molar refractivity (Wildman–Crippen MR) is 148 cm³/mol. The summed E-state index contributed by atoms with van der Waals surface area (Å²) in [6.07, 6.45) is 6.03. The molecule has 37 heavy (non-hydrogen) atoms. The summed E-state index contributed by atoms with van der Waals surface area (Å²) in [5.74, 6) is 0.482. The smallest absolute Gasteiger partial charge is 0.356 e. The van der Waals surface area contributed by atoms with Crippen molar-refractivity contribution in [1.82, 2.24) is 15.3 Å². The van der Waals surface area contributed by atoms with Gasteiger partial charge in [-0.2, -0.15) is 0 Å². The number of nitrogens with one attached hydrogen (secondary N) is 2. The number of H-pyrrole nitrogens is 1. The summed E-state index contributed by atoms with van der Waals surface area (Å²) in [6.45, 7) is 4.38. The Balaban J connectivity index is 0.000000173. The van der Waals surface area contributed by atoms with Crippen molar-refractivity contribution in [2.75, 3.05) is 39.2 Å². The van der Waals surface area contributed by atoms with Crippen LogP contribution >= 0.6 is 11.3 Å². The van der Waals surface area contributed by atoms with Crippen molar-refractivity contribution in [1.29, 1.82) is 0 Å². The van der Waals surface area contributed by atoms with Crippen LogP contribution in [0.15, 0.2) is 42.6 Å². The first-order valence-electron chi connectivity index (χ1n) is 12.3. The van der Waals surface area contributed by atoms with E-state index in [4.69, 9.17) is 9.84 Å². The van der Waals surface area contributed by atoms with Crippen LogP contribution in [-0.4, -0.2) is 55.3 Å². The Kier molecular flexibility index (Phi) is 8.45. The highest BCUT2D eigenvalue weighted by molar-refractivity contribution is 7.19. The van der Waals surface area contributed by atoms with Crippen LogP contribution in [-0.2, 0) is 6.42 Å². The number of methoxy groups -OCH3 is 1. The molecule has 1 aliphatic carbocycles. The van der Waals surface area contributed by atoms with Crippen LogP contribution in [0.2, 0.25) is 0 Å². The summed E-state index contributed by atoms with van der Waals surface area (Å²) >= 11 is 1.27. The Morgan fingerprint density at radius 1 is 1.24 bits per heavy atom. The Morgan fingerprint density at radius 2 is 1.97 bits per heavy atom. The number of carboxylic acids is 1. The van der Waals surface area contributed by atoms with Crippen molar-refractivity contribution >= 4 is 33.3 Å². The van der Waals surface area contributed by atoms with E-state index in [-0.39, 0.29) is 11.5 Å². The van der Waals surface area contributed by atoms with Gasteiger partial charge in [-0.3, -0.25) is 0 Å². The minimum absolute atomic E-state index is 0.00434. The molecule has 7 nitrogen and oxygen atoms in total. The van der Waals surface area contributed by atoms with Gasteiger partial charge in [0.25, 0.3) is 0 Å². The lowest BCUT2D eigenvalue weighted by Crippen LogP contribution is -2.19. The number of carboxylic acid groups (broad SMARTS) is 1. The summed E-state index contributed by atoms with van der Waals surface area (Å²) in [5.41, 5.74) is 4.47. The number of rotatable bonds is 9. The SMILES string of the molecule is CN(C)c1nc(C(=O)O)c(-c2ccc(F)cc2)s1.COc1ccc2[nH]cc(CCNCC3CC3)c2c1C. The van der Waals surface area contributed by atoms with E-state index in [1.807, 2.05) is 6.07 Å². The average molecular weight is 525 g/mol. The van der Waals surface area contributed by atoms with E-state index in [0.717, 1.165) is 24.6 Å². The lowest BCUT2D eigenvalue weighted by Gasteiger charge is -2.08. The number of ether oxygens (including phenoxy) is 1. The molecule has 0 atom stereocenters. The largest absolute Gasteiger partial charge is 0.496 e. The van der Waals surface area contributed by atoms with E-state index in [2.05, 4.69) is 34.5 Å². The van der Waals surface area contributed by atoms with Gasteiger partial charge in [-0.25, -0.2) is 14.2 Å². The van der Waals surface area contributed by atoms with Crippen molar-refractivity contribution in [3.05, 3.63) is 65.2 Å². The first kappa shape index (κ1) is 26.6. The molecular weight excluding hydrogens is 491 g/mol. The molecule has 5 rings (SSSR count). The molecule has 2 aromatic heterocycles. The fourth-order valence-electron chi connectivity index (χ4n) is 4.18. The third-order valence-corrected chi connectivity index (χ3v) is 7.64. The molecule has 0 aliphatic heterocycles. The number of carbonyl (C=O) groups is 1. The molecule has 196 valence electrons. The predicted octanol–water partition coefficient (Wildman–Crippen LogP) is 5.74. The Hall–Kier alpha value is -3.43. The molecule has 2 heterocycles. The lowest BCUT2D eigenvalue weighted by molar-refractivity contribution is 0.0692. The number of aromatic carboxylic acids is 1. The van der Waals surface area contributed by atoms with Gasteiger partial charge in [0.05, 0.1) is 12.0 Å². The van der Waals surface area contributed by atoms with Crippen molar-refractivity contribution in [3.8, 4) is 16.2 Å². The van der Waals surface area contributed by atoms with E-state index in [1.165, 1.54) is 64.9 Å². The number of nitrogens with zero attached hydrogens (tertiary/aromatic N) is 2. The van der Waals surface area contributed by atoms with Gasteiger partial charge in [0.2, 0.25) is 0 Å². The minimum Gasteiger partial charge on any atom is -0.496 e. The van der Waals surface area contributed by atoms with Crippen LogP contribution < -0.4 is 15.0 Å². The van der Waals surface area contributed by atoms with Crippen LogP contribution in [0.5, 0.6) is 5.75 Å². The molecule has 0 bridgehead atoms. The number of thiazole rings is 1. The number of aromatic amines is 1. The summed E-state index contributed by atoms with van der Waals surface area (Å²) in [5, 5.41) is 14.6. The summed E-state index contributed by atoms with van der Waals surface area (Å²) in [6, 6.07) is 9.83. The molecule has 1 fully saturated rings. The Labute approximate surface area is 220 Å². The van der Waals surface area contributed by atoms with Crippen molar-refractivity contribution in [2.45, 2.75) is 26.2 Å². The molecule has 3 N–H and O–H groups in total. The van der Waals surface area contributed by atoms with Crippen LogP contribution in [0.3, 0.4) is 0 Å². The molecule has 4 aromatic rings. The van der Waals surface area contributed by atoms with Gasteiger partial charge in [-0.05, 0) is 80.6 Å². The maximum atomic E-state index is 12.9. The van der Waals surface area contributed by atoms with Gasteiger partial charge in [-0.1, -0.05) is 23.5 Å². The van der Waals surface area contributed by atoms with E-state index in [9.17, 15) is 9.18 Å². The monoisotopic (exact) mass is 524 g/mol. The number of halogens is 1. The fraction of sp³-hybridized carbons (Fsp3) is 0.357. The van der Waals surface area contributed by atoms with Gasteiger partial charge in [0, 0.05) is 36.8 Å². The molecule has 0 spiro atoms. The number of fused-ring (bicyclic) bond motifs is 1. The zero-order valence-corrected chi connectivity index (χ0v) is 22.4. The van der Waals surface area contributed by atoms with E-state index in [0.29, 0.717) is 15.6 Å². The van der Waals surface area contributed by atoms with Gasteiger partial charge in [0.15, 0.2) is 10.8 Å². The second kappa shape index (κ2) is 11.7. The first-order valence-corrected chi connectivity index (χ1v) is 13.1. The van der Waals surface area contributed by atoms with Gasteiger partial charge in [0.1, 0.15) is 11.6 Å². The summed E-state index contributed by atoms with van der Waals surface area (Å²) in [4.78, 5) is 20.8. The van der Waals surface area contributed by atoms with Crippen molar-refractivity contribution in [3.63, 3.8) is 0 Å². The molecule has 0 saturated heterocycles. The van der Waals surface area contributed by atoms with Crippen molar-refractivity contribution in [2.24, 2.45) is 5.92 Å². The summed E-state index contributed by atoms with van der Waals surface area (Å²) in [7, 11) is 5.31. The van der Waals surface area contributed by atoms with Crippen molar-refractivity contribution < 1.29 is 19.0 Å². The van der Waals surface area contributed by atoms with Crippen LogP contribution in [0, 0.1) is 18.7 Å². The third-order valence-electron chi connectivity index (χ3n) is 6.37. The van der Waals surface area contributed by atoms with Gasteiger partial charge < -0.3 is 25.0 Å². The number of benzene rings is 2. The van der Waals surface area contributed by atoms with E-state index in [1.54, 1.807) is 38.2 Å². The number of hydrogen-bond donors (Lipinski definition) is 3. The van der Waals surface area contributed by atoms with E-state index >= 15 is 0 Å². The normalized spacial score (nSPS) is 12.8. The molecule has 1 saturated carbocycles. The topological polar surface area (TPSA) is 90.5 Å². The molecule has 1 aliphatic rings. The number of aromatic nitrogens is 2. The molecule has 0 amide bonds. The Bertz CT molecular complexity index is 1360. The second-order valence-electron chi connectivity index (χ2n) is 9.41. The minimum atomic E-state index is -1.08. The Morgan fingerprint density at radius 3 is 2.59 bits per heavy atom. The molecule has 9 heteroatoms. The highest BCUT2D eigenvalue weighted by Gasteiger charge is 2.21. The number of anilines is 1. The molecular formula is C28H33FN4O3S. The van der Waals surface area contributed by atoms with Gasteiger partial charge >= 0.3 is 5.97 Å². The number of hydrogen-bond acceptors (Lipinski definition) is 6. The average Bonchev–Trinajstić information content (AvgIpc) is 3.43. The van der Waals surface area contributed by atoms with E-state index < -0.39 is 5.97 Å². The highest BCUT2D eigenvalue weighted by Crippen LogP contribution is 2.34. The van der Waals surface area contributed by atoms with Crippen LogP contribution in [0.1, 0.15) is 34.5 Å². The molecule has 2 aromatic carbocycles. The first-order chi connectivity index (χ1) is 17.8. The molecule has 0 unspecified atom stereocenters. The highest BCUT2D eigenvalue weighted by atomic mass is 32.1. The quantitative estimate of drug-likeness (QED) is 0.242. The lowest BCUT2D eigenvalue weighted by atomic mass is 10.0. The molecule has 0 radical (unpaired) electrons.